The van der Waals surface area contributed by atoms with Gasteiger partial charge in [-0.05, 0) is 32.6 Å². The maximum Gasteiger partial charge on any atom is 0.182 e. The first-order valence-electron chi connectivity index (χ1n) is 9.92. The highest BCUT2D eigenvalue weighted by molar-refractivity contribution is 5.60. The summed E-state index contributed by atoms with van der Waals surface area (Å²) in [5, 5.41) is 9.32. The summed E-state index contributed by atoms with van der Waals surface area (Å²) >= 11 is 0. The molecular formula is C20H39N2O+. The van der Waals surface area contributed by atoms with Crippen molar-refractivity contribution in [2.45, 2.75) is 84.2 Å². The van der Waals surface area contributed by atoms with Crippen LogP contribution in [0.4, 0.5) is 0 Å². The van der Waals surface area contributed by atoms with Gasteiger partial charge in [0, 0.05) is 6.42 Å². The number of likely N-dealkylation sites (N-methyl/N-ethyl adjacent to an activating group) is 1. The number of nitrogens with zero attached hydrogens (tertiary/aromatic N) is 2. The molecule has 0 aromatic rings. The van der Waals surface area contributed by atoms with Crippen LogP contribution in [0.25, 0.3) is 0 Å². The van der Waals surface area contributed by atoms with E-state index in [1.807, 2.05) is 0 Å². The Morgan fingerprint density at radius 2 is 1.74 bits per heavy atom. The summed E-state index contributed by atoms with van der Waals surface area (Å²) in [5.74, 6) is 0. The molecule has 134 valence electrons. The second kappa shape index (κ2) is 12.7. The SMILES string of the molecule is CCCC/C=C/CCCCCCCC1N=CC[N+]1(CC)CCO. The van der Waals surface area contributed by atoms with E-state index in [0.29, 0.717) is 6.17 Å². The number of quaternary nitrogens is 1. The van der Waals surface area contributed by atoms with E-state index < -0.39 is 0 Å². The molecule has 1 N–H and O–H groups in total. The molecule has 0 saturated carbocycles. The minimum absolute atomic E-state index is 0.277. The Morgan fingerprint density at radius 3 is 2.43 bits per heavy atom. The van der Waals surface area contributed by atoms with Crippen LogP contribution in [0.2, 0.25) is 0 Å². The fourth-order valence-corrected chi connectivity index (χ4v) is 3.56. The Balaban J connectivity index is 2.04. The van der Waals surface area contributed by atoms with Gasteiger partial charge in [-0.3, -0.25) is 4.48 Å². The Kier molecular flexibility index (Phi) is 11.3. The van der Waals surface area contributed by atoms with Crippen molar-refractivity contribution in [2.24, 2.45) is 4.99 Å². The first-order valence-corrected chi connectivity index (χ1v) is 9.92. The second-order valence-electron chi connectivity index (χ2n) is 6.94. The monoisotopic (exact) mass is 323 g/mol. The number of aliphatic hydroxyl groups excluding tert-OH is 1. The molecule has 0 saturated heterocycles. The predicted molar refractivity (Wildman–Crippen MR) is 101 cm³/mol. The van der Waals surface area contributed by atoms with Crippen LogP contribution in [0.15, 0.2) is 17.1 Å². The lowest BCUT2D eigenvalue weighted by Crippen LogP contribution is -2.53. The number of allylic oxidation sites excluding steroid dienone is 2. The summed E-state index contributed by atoms with van der Waals surface area (Å²) < 4.78 is 0.971. The molecule has 0 radical (unpaired) electrons. The van der Waals surface area contributed by atoms with Crippen molar-refractivity contribution in [3.8, 4) is 0 Å². The third-order valence-corrected chi connectivity index (χ3v) is 5.25. The molecule has 1 heterocycles. The van der Waals surface area contributed by atoms with Crippen LogP contribution in [0.1, 0.15) is 78.1 Å². The number of aliphatic hydroxyl groups is 1. The molecule has 0 aliphatic carbocycles. The molecule has 2 atom stereocenters. The fraction of sp³-hybridized carbons (Fsp3) is 0.850. The minimum Gasteiger partial charge on any atom is -0.391 e. The van der Waals surface area contributed by atoms with E-state index in [-0.39, 0.29) is 6.61 Å². The van der Waals surface area contributed by atoms with E-state index in [1.165, 1.54) is 64.2 Å². The number of unbranched alkanes of at least 4 members (excludes halogenated alkanes) is 7. The first-order chi connectivity index (χ1) is 11.3. The molecule has 0 aromatic heterocycles. The zero-order valence-corrected chi connectivity index (χ0v) is 15.6. The van der Waals surface area contributed by atoms with E-state index in [1.54, 1.807) is 0 Å². The standard InChI is InChI=1S/C20H39N2O/c1-3-5-6-7-8-9-10-11-12-13-14-15-20-21-16-17-22(20,4-2)18-19-23/h7-8,16,20,23H,3-6,9-15,17-19H2,1-2H3/q+1/b8-7+. The van der Waals surface area contributed by atoms with Crippen LogP contribution in [0.5, 0.6) is 0 Å². The normalized spacial score (nSPS) is 24.0. The third kappa shape index (κ3) is 7.63. The van der Waals surface area contributed by atoms with Gasteiger partial charge in [-0.2, -0.15) is 0 Å². The molecule has 3 nitrogen and oxygen atoms in total. The smallest absolute Gasteiger partial charge is 0.182 e. The maximum atomic E-state index is 9.32. The van der Waals surface area contributed by atoms with Gasteiger partial charge in [-0.1, -0.05) is 51.2 Å². The van der Waals surface area contributed by atoms with E-state index in [0.717, 1.165) is 24.1 Å². The minimum atomic E-state index is 0.277. The molecule has 1 aliphatic rings. The van der Waals surface area contributed by atoms with Gasteiger partial charge < -0.3 is 5.11 Å². The van der Waals surface area contributed by atoms with E-state index >= 15 is 0 Å². The summed E-state index contributed by atoms with van der Waals surface area (Å²) in [7, 11) is 0. The average Bonchev–Trinajstić information content (AvgIpc) is 2.96. The molecule has 0 spiro atoms. The van der Waals surface area contributed by atoms with Crippen LogP contribution in [-0.4, -0.2) is 48.2 Å². The van der Waals surface area contributed by atoms with Gasteiger partial charge in [0.1, 0.15) is 13.1 Å². The summed E-state index contributed by atoms with van der Waals surface area (Å²) in [4.78, 5) is 4.69. The Hall–Kier alpha value is -0.670. The van der Waals surface area contributed by atoms with Crippen molar-refractivity contribution < 1.29 is 9.59 Å². The van der Waals surface area contributed by atoms with Crippen molar-refractivity contribution in [2.75, 3.05) is 26.2 Å². The van der Waals surface area contributed by atoms with Gasteiger partial charge in [-0.15, -0.1) is 0 Å². The molecule has 1 rings (SSSR count). The third-order valence-electron chi connectivity index (χ3n) is 5.25. The van der Waals surface area contributed by atoms with Crippen molar-refractivity contribution in [1.82, 2.24) is 0 Å². The highest BCUT2D eigenvalue weighted by atomic mass is 16.3. The number of hydrogen-bond donors (Lipinski definition) is 1. The average molecular weight is 324 g/mol. The molecule has 1 aliphatic heterocycles. The molecule has 3 heteroatoms. The van der Waals surface area contributed by atoms with Crippen LogP contribution in [0.3, 0.4) is 0 Å². The van der Waals surface area contributed by atoms with Gasteiger partial charge in [0.2, 0.25) is 0 Å². The maximum absolute atomic E-state index is 9.32. The predicted octanol–water partition coefficient (Wildman–Crippen LogP) is 4.70. The summed E-state index contributed by atoms with van der Waals surface area (Å²) in [6.45, 7) is 7.69. The quantitative estimate of drug-likeness (QED) is 0.280. The first kappa shape index (κ1) is 20.4. The highest BCUT2D eigenvalue weighted by Crippen LogP contribution is 2.24. The zero-order chi connectivity index (χ0) is 16.8. The second-order valence-corrected chi connectivity index (χ2v) is 6.94. The molecule has 0 amide bonds. The lowest BCUT2D eigenvalue weighted by molar-refractivity contribution is -0.936. The Bertz CT molecular complexity index is 341. The van der Waals surface area contributed by atoms with Crippen LogP contribution < -0.4 is 0 Å². The lowest BCUT2D eigenvalue weighted by Gasteiger charge is -2.37. The molecule has 2 unspecified atom stereocenters. The van der Waals surface area contributed by atoms with E-state index in [2.05, 4.69) is 37.2 Å². The number of hydrogen-bond acceptors (Lipinski definition) is 2. The number of aliphatic imine (C=N–C) groups is 1. The van der Waals surface area contributed by atoms with Gasteiger partial charge in [0.05, 0.1) is 19.4 Å². The lowest BCUT2D eigenvalue weighted by atomic mass is 10.1. The highest BCUT2D eigenvalue weighted by Gasteiger charge is 2.36. The summed E-state index contributed by atoms with van der Waals surface area (Å²) in [5.41, 5.74) is 0. The van der Waals surface area contributed by atoms with Crippen LogP contribution >= 0.6 is 0 Å². The molecule has 0 bridgehead atoms. The Morgan fingerprint density at radius 1 is 1.04 bits per heavy atom. The van der Waals surface area contributed by atoms with Crippen molar-refractivity contribution in [1.29, 1.82) is 0 Å². The van der Waals surface area contributed by atoms with Gasteiger partial charge in [-0.25, -0.2) is 4.99 Å². The molecule has 23 heavy (non-hydrogen) atoms. The molecular weight excluding hydrogens is 284 g/mol. The zero-order valence-electron chi connectivity index (χ0n) is 15.6. The molecule has 0 aromatic carbocycles. The van der Waals surface area contributed by atoms with Crippen LogP contribution in [0, 0.1) is 0 Å². The summed E-state index contributed by atoms with van der Waals surface area (Å²) in [6.07, 6.45) is 20.2. The topological polar surface area (TPSA) is 32.6 Å². The molecule has 0 fully saturated rings. The van der Waals surface area contributed by atoms with Gasteiger partial charge in [0.15, 0.2) is 6.17 Å². The van der Waals surface area contributed by atoms with Gasteiger partial charge in [0.25, 0.3) is 0 Å². The van der Waals surface area contributed by atoms with Crippen molar-refractivity contribution in [3.05, 3.63) is 12.2 Å². The van der Waals surface area contributed by atoms with Gasteiger partial charge >= 0.3 is 0 Å². The van der Waals surface area contributed by atoms with Crippen molar-refractivity contribution >= 4 is 6.21 Å². The largest absolute Gasteiger partial charge is 0.391 e. The summed E-state index contributed by atoms with van der Waals surface area (Å²) in [6, 6.07) is 0. The van der Waals surface area contributed by atoms with Crippen LogP contribution in [-0.2, 0) is 0 Å². The van der Waals surface area contributed by atoms with E-state index in [9.17, 15) is 5.11 Å². The number of rotatable bonds is 14. The van der Waals surface area contributed by atoms with Crippen molar-refractivity contribution in [3.63, 3.8) is 0 Å². The fourth-order valence-electron chi connectivity index (χ4n) is 3.56. The Labute approximate surface area is 144 Å². The van der Waals surface area contributed by atoms with E-state index in [4.69, 9.17) is 0 Å².